The van der Waals surface area contributed by atoms with Gasteiger partial charge in [0.25, 0.3) is 0 Å². The predicted octanol–water partition coefficient (Wildman–Crippen LogP) is 3.82. The van der Waals surface area contributed by atoms with Gasteiger partial charge in [-0.05, 0) is 19.3 Å². The van der Waals surface area contributed by atoms with Gasteiger partial charge >= 0.3 is 0 Å². The maximum absolute atomic E-state index is 13.3. The highest BCUT2D eigenvalue weighted by Gasteiger charge is 2.54. The third-order valence-corrected chi connectivity index (χ3v) is 14.6. The van der Waals surface area contributed by atoms with Gasteiger partial charge in [0.2, 0.25) is 5.91 Å². The number of carbonyl (C=O) groups is 1. The number of unbranched alkanes of at least 4 members (excludes halogenated alkanes) is 25. The SMILES string of the molecule is CCCCCCCCCCCCC/C=C/[C@@H](O)[C@H](CO[C@@H]1OC(CO)[C@@H](O[C@@H]2OC(CO)[C@@H](O)[C@H](O[C@H]3OC(CO)[C@@H](O)[C@H](O)C3O)C2O)[C@H](O)C1O)NC(=O)CCCCCCCCCCCCCCCCC. The second-order valence-electron chi connectivity index (χ2n) is 20.8. The highest BCUT2D eigenvalue weighted by atomic mass is 16.8. The summed E-state index contributed by atoms with van der Waals surface area (Å²) in [6.07, 6.45) is 8.78. The minimum atomic E-state index is -1.97. The molecule has 0 aromatic rings. The van der Waals surface area contributed by atoms with E-state index in [-0.39, 0.29) is 18.9 Å². The van der Waals surface area contributed by atoms with E-state index in [0.29, 0.717) is 6.42 Å². The van der Waals surface area contributed by atoms with Crippen molar-refractivity contribution < 1.29 is 89.4 Å². The second-order valence-corrected chi connectivity index (χ2v) is 20.8. The van der Waals surface area contributed by atoms with Crippen molar-refractivity contribution in [3.05, 3.63) is 12.2 Å². The fourth-order valence-electron chi connectivity index (χ4n) is 9.83. The average Bonchev–Trinajstić information content (AvgIpc) is 3.38. The summed E-state index contributed by atoms with van der Waals surface area (Å²) in [6, 6.07) is -0.972. The van der Waals surface area contributed by atoms with Gasteiger partial charge < -0.3 is 89.9 Å². The van der Waals surface area contributed by atoms with Crippen molar-refractivity contribution in [2.45, 2.75) is 298 Å². The first-order chi connectivity index (χ1) is 35.3. The Kier molecular flexibility index (Phi) is 35.1. The summed E-state index contributed by atoms with van der Waals surface area (Å²) < 4.78 is 34.2. The molecule has 3 saturated heterocycles. The molecule has 0 aliphatic carbocycles. The number of ether oxygens (including phenoxy) is 6. The molecule has 430 valence electrons. The Bertz CT molecular complexity index is 1400. The molecule has 0 radical (unpaired) electrons. The van der Waals surface area contributed by atoms with E-state index >= 15 is 0 Å². The van der Waals surface area contributed by atoms with Gasteiger partial charge in [0.05, 0.1) is 38.6 Å². The van der Waals surface area contributed by atoms with Gasteiger partial charge in [0, 0.05) is 6.42 Å². The molecule has 3 rings (SSSR count). The van der Waals surface area contributed by atoms with E-state index in [1.807, 2.05) is 6.08 Å². The molecule has 6 unspecified atom stereocenters. The van der Waals surface area contributed by atoms with Crippen LogP contribution in [0, 0.1) is 0 Å². The van der Waals surface area contributed by atoms with Crippen LogP contribution in [0.5, 0.6) is 0 Å². The number of nitrogens with one attached hydrogen (secondary N) is 1. The lowest BCUT2D eigenvalue weighted by Gasteiger charge is -2.48. The zero-order valence-corrected chi connectivity index (χ0v) is 44.4. The first-order valence-electron chi connectivity index (χ1n) is 28.4. The number of amides is 1. The molecule has 0 bridgehead atoms. The minimum absolute atomic E-state index is 0.245. The van der Waals surface area contributed by atoms with Crippen LogP contribution in [0.15, 0.2) is 12.2 Å². The summed E-state index contributed by atoms with van der Waals surface area (Å²) >= 11 is 0. The van der Waals surface area contributed by atoms with Crippen molar-refractivity contribution in [3.8, 4) is 0 Å². The molecule has 3 heterocycles. The molecule has 1 amide bonds. The Morgan fingerprint density at radius 2 is 0.890 bits per heavy atom. The third-order valence-electron chi connectivity index (χ3n) is 14.6. The molecule has 0 saturated carbocycles. The summed E-state index contributed by atoms with van der Waals surface area (Å²) in [4.78, 5) is 13.3. The molecule has 3 fully saturated rings. The van der Waals surface area contributed by atoms with Crippen molar-refractivity contribution in [1.29, 1.82) is 0 Å². The van der Waals surface area contributed by atoms with Gasteiger partial charge in [-0.25, -0.2) is 0 Å². The molecular weight excluding hydrogens is 951 g/mol. The van der Waals surface area contributed by atoms with Crippen molar-refractivity contribution in [3.63, 3.8) is 0 Å². The molecule has 19 nitrogen and oxygen atoms in total. The van der Waals surface area contributed by atoms with E-state index in [4.69, 9.17) is 28.4 Å². The fourth-order valence-corrected chi connectivity index (χ4v) is 9.83. The van der Waals surface area contributed by atoms with Gasteiger partial charge in [0.1, 0.15) is 73.2 Å². The number of allylic oxidation sites excluding steroid dienone is 1. The maximum Gasteiger partial charge on any atom is 0.220 e. The number of aliphatic hydroxyl groups excluding tert-OH is 11. The molecule has 3 aliphatic heterocycles. The van der Waals surface area contributed by atoms with E-state index in [2.05, 4.69) is 19.2 Å². The van der Waals surface area contributed by atoms with Crippen LogP contribution < -0.4 is 5.32 Å². The van der Waals surface area contributed by atoms with Gasteiger partial charge in [-0.15, -0.1) is 0 Å². The first kappa shape index (κ1) is 65.8. The predicted molar refractivity (Wildman–Crippen MR) is 273 cm³/mol. The van der Waals surface area contributed by atoms with Crippen LogP contribution in [0.2, 0.25) is 0 Å². The standard InChI is InChI=1S/C54H101NO18/c1-3-5-7-9-11-13-15-17-18-20-22-24-26-28-30-32-42(60)55-37(38(59)31-29-27-25-23-21-19-16-14-12-10-8-6-4-2)36-68-52-48(66)46(64)50(41(35-58)71-52)72-54-49(67)51(44(62)40(34-57)70-54)73-53-47(65)45(63)43(61)39(33-56)69-53/h29,31,37-41,43-54,56-59,61-67H,3-28,30,32-36H2,1-2H3,(H,55,60)/b31-29+/t37-,38+,39?,40?,41?,43+,44+,45-,46+,47?,48?,49?,50+,51-,52+,53+,54-/m0/s1. The highest BCUT2D eigenvalue weighted by Crippen LogP contribution is 2.33. The Labute approximate surface area is 436 Å². The maximum atomic E-state index is 13.3. The van der Waals surface area contributed by atoms with Crippen LogP contribution in [0.1, 0.15) is 194 Å². The molecule has 17 atom stereocenters. The van der Waals surface area contributed by atoms with E-state index in [1.165, 1.54) is 122 Å². The van der Waals surface area contributed by atoms with Crippen molar-refractivity contribution in [2.75, 3.05) is 26.4 Å². The number of aliphatic hydroxyl groups is 11. The van der Waals surface area contributed by atoms with Gasteiger partial charge in [-0.3, -0.25) is 4.79 Å². The molecule has 19 heteroatoms. The lowest BCUT2D eigenvalue weighted by Crippen LogP contribution is -2.67. The van der Waals surface area contributed by atoms with Crippen LogP contribution >= 0.6 is 0 Å². The zero-order chi connectivity index (χ0) is 53.4. The van der Waals surface area contributed by atoms with Crippen LogP contribution in [-0.4, -0.2) is 193 Å². The Morgan fingerprint density at radius 1 is 0.479 bits per heavy atom. The zero-order valence-electron chi connectivity index (χ0n) is 44.4. The van der Waals surface area contributed by atoms with E-state index in [1.54, 1.807) is 6.08 Å². The normalized spacial score (nSPS) is 31.8. The average molecular weight is 1050 g/mol. The number of hydrogen-bond acceptors (Lipinski definition) is 18. The summed E-state index contributed by atoms with van der Waals surface area (Å²) in [5.74, 6) is -0.279. The van der Waals surface area contributed by atoms with Crippen molar-refractivity contribution in [1.82, 2.24) is 5.32 Å². The Hall–Kier alpha value is -1.47. The van der Waals surface area contributed by atoms with Gasteiger partial charge in [-0.2, -0.15) is 0 Å². The molecule has 0 aromatic heterocycles. The van der Waals surface area contributed by atoms with E-state index in [9.17, 15) is 61.0 Å². The van der Waals surface area contributed by atoms with Gasteiger partial charge in [0.15, 0.2) is 18.9 Å². The third kappa shape index (κ3) is 24.0. The summed E-state index contributed by atoms with van der Waals surface area (Å²) in [5.41, 5.74) is 0. The summed E-state index contributed by atoms with van der Waals surface area (Å²) in [6.45, 7) is 1.68. The van der Waals surface area contributed by atoms with E-state index in [0.717, 1.165) is 44.9 Å². The number of hydrogen-bond donors (Lipinski definition) is 12. The number of rotatable bonds is 41. The van der Waals surface area contributed by atoms with Crippen LogP contribution in [-0.2, 0) is 33.2 Å². The highest BCUT2D eigenvalue weighted by molar-refractivity contribution is 5.76. The molecule has 0 spiro atoms. The molecule has 3 aliphatic rings. The van der Waals surface area contributed by atoms with Crippen LogP contribution in [0.25, 0.3) is 0 Å². The molecule has 0 aromatic carbocycles. The molecular formula is C54H101NO18. The Balaban J connectivity index is 1.56. The summed E-state index contributed by atoms with van der Waals surface area (Å²) in [5, 5.41) is 120. The van der Waals surface area contributed by atoms with Crippen molar-refractivity contribution in [2.24, 2.45) is 0 Å². The minimum Gasteiger partial charge on any atom is -0.394 e. The Morgan fingerprint density at radius 3 is 1.38 bits per heavy atom. The fraction of sp³-hybridized carbons (Fsp3) is 0.944. The number of carbonyl (C=O) groups excluding carboxylic acids is 1. The topological polar surface area (TPSA) is 307 Å². The van der Waals surface area contributed by atoms with Crippen LogP contribution in [0.4, 0.5) is 0 Å². The van der Waals surface area contributed by atoms with Gasteiger partial charge in [-0.1, -0.05) is 180 Å². The second kappa shape index (κ2) is 39.0. The molecule has 73 heavy (non-hydrogen) atoms. The molecule has 12 N–H and O–H groups in total. The smallest absolute Gasteiger partial charge is 0.220 e. The van der Waals surface area contributed by atoms with Crippen molar-refractivity contribution >= 4 is 5.91 Å². The first-order valence-corrected chi connectivity index (χ1v) is 28.4. The largest absolute Gasteiger partial charge is 0.394 e. The van der Waals surface area contributed by atoms with Crippen LogP contribution in [0.3, 0.4) is 0 Å². The monoisotopic (exact) mass is 1050 g/mol. The lowest BCUT2D eigenvalue weighted by atomic mass is 9.96. The summed E-state index contributed by atoms with van der Waals surface area (Å²) in [7, 11) is 0. The lowest BCUT2D eigenvalue weighted by molar-refractivity contribution is -0.380. The van der Waals surface area contributed by atoms with E-state index < -0.39 is 124 Å². The quantitative estimate of drug-likeness (QED) is 0.0306.